The maximum Gasteiger partial charge on any atom is 0.200 e. The molecule has 3 heterocycles. The van der Waals surface area contributed by atoms with Gasteiger partial charge in [-0.25, -0.2) is 9.97 Å². The quantitative estimate of drug-likeness (QED) is 0.306. The standard InChI is InChI=1S/C28H30ClN5O2/c1-17-26(18(2)36-33-17)21-7-8-24-23(15-21)27(30-16-20-5-4-6-22(29)13-20)32-28(31-24)25(35)14-19-9-11-34(3)12-10-19/h4-8,13,15,19H,9-12,14,16H2,1-3H3,(H,30,31,32). The van der Waals surface area contributed by atoms with Gasteiger partial charge in [0.2, 0.25) is 0 Å². The van der Waals surface area contributed by atoms with Gasteiger partial charge in [-0.3, -0.25) is 4.79 Å². The molecule has 1 aliphatic heterocycles. The van der Waals surface area contributed by atoms with Crippen molar-refractivity contribution in [1.29, 1.82) is 0 Å². The van der Waals surface area contributed by atoms with E-state index in [1.807, 2.05) is 56.3 Å². The predicted molar refractivity (Wildman–Crippen MR) is 142 cm³/mol. The number of fused-ring (bicyclic) bond motifs is 1. The minimum absolute atomic E-state index is 0.00735. The van der Waals surface area contributed by atoms with Crippen molar-refractivity contribution in [2.45, 2.75) is 39.7 Å². The molecular weight excluding hydrogens is 474 g/mol. The Balaban J connectivity index is 1.50. The highest BCUT2D eigenvalue weighted by Crippen LogP contribution is 2.32. The number of benzene rings is 2. The number of carbonyl (C=O) groups is 1. The van der Waals surface area contributed by atoms with Crippen LogP contribution in [0.4, 0.5) is 5.82 Å². The van der Waals surface area contributed by atoms with Gasteiger partial charge in [0.1, 0.15) is 11.6 Å². The van der Waals surface area contributed by atoms with Crippen LogP contribution in [0, 0.1) is 19.8 Å². The zero-order chi connectivity index (χ0) is 25.2. The summed E-state index contributed by atoms with van der Waals surface area (Å²) in [5.74, 6) is 2.01. The lowest BCUT2D eigenvalue weighted by Gasteiger charge is -2.28. The third-order valence-electron chi connectivity index (χ3n) is 6.93. The van der Waals surface area contributed by atoms with Gasteiger partial charge in [-0.05, 0) is 88.1 Å². The summed E-state index contributed by atoms with van der Waals surface area (Å²) in [6, 6.07) is 13.7. The van der Waals surface area contributed by atoms with Gasteiger partial charge < -0.3 is 14.7 Å². The maximum absolute atomic E-state index is 13.2. The fraction of sp³-hybridized carbons (Fsp3) is 0.357. The summed E-state index contributed by atoms with van der Waals surface area (Å²) >= 11 is 6.18. The summed E-state index contributed by atoms with van der Waals surface area (Å²) in [7, 11) is 2.12. The molecule has 0 spiro atoms. The summed E-state index contributed by atoms with van der Waals surface area (Å²) in [4.78, 5) is 25.0. The van der Waals surface area contributed by atoms with E-state index in [-0.39, 0.29) is 11.6 Å². The normalized spacial score (nSPS) is 14.9. The van der Waals surface area contributed by atoms with Gasteiger partial charge >= 0.3 is 0 Å². The number of anilines is 1. The van der Waals surface area contributed by atoms with Crippen molar-refractivity contribution < 1.29 is 9.32 Å². The third-order valence-corrected chi connectivity index (χ3v) is 7.16. The number of halogens is 1. The number of aromatic nitrogens is 3. The number of ketones is 1. The van der Waals surface area contributed by atoms with Gasteiger partial charge in [0, 0.05) is 28.9 Å². The monoisotopic (exact) mass is 503 g/mol. The summed E-state index contributed by atoms with van der Waals surface area (Å²) in [5.41, 5.74) is 4.50. The molecule has 7 nitrogen and oxygen atoms in total. The Hall–Kier alpha value is -3.29. The zero-order valence-electron chi connectivity index (χ0n) is 20.8. The third kappa shape index (κ3) is 5.27. The second-order valence-electron chi connectivity index (χ2n) is 9.68. The fourth-order valence-electron chi connectivity index (χ4n) is 4.89. The predicted octanol–water partition coefficient (Wildman–Crippen LogP) is 6.08. The van der Waals surface area contributed by atoms with Gasteiger partial charge in [-0.1, -0.05) is 35.0 Å². The molecule has 0 aliphatic carbocycles. The molecule has 0 radical (unpaired) electrons. The van der Waals surface area contributed by atoms with Crippen LogP contribution in [0.3, 0.4) is 0 Å². The van der Waals surface area contributed by atoms with E-state index in [1.165, 1.54) is 0 Å². The van der Waals surface area contributed by atoms with E-state index in [0.717, 1.165) is 65.0 Å². The Morgan fingerprint density at radius 1 is 1.14 bits per heavy atom. The molecule has 0 unspecified atom stereocenters. The summed E-state index contributed by atoms with van der Waals surface area (Å²) in [6.07, 6.45) is 2.53. The van der Waals surface area contributed by atoms with Gasteiger partial charge in [0.05, 0.1) is 11.2 Å². The van der Waals surface area contributed by atoms with Crippen molar-refractivity contribution in [2.75, 3.05) is 25.5 Å². The molecule has 0 saturated carbocycles. The molecule has 5 rings (SSSR count). The molecule has 0 bridgehead atoms. The van der Waals surface area contributed by atoms with Crippen LogP contribution in [0.25, 0.3) is 22.0 Å². The molecule has 1 fully saturated rings. The number of nitrogens with zero attached hydrogens (tertiary/aromatic N) is 4. The van der Waals surface area contributed by atoms with Crippen molar-refractivity contribution >= 4 is 34.1 Å². The number of aryl methyl sites for hydroxylation is 2. The first kappa shape index (κ1) is 24.4. The van der Waals surface area contributed by atoms with E-state index in [2.05, 4.69) is 27.4 Å². The van der Waals surface area contributed by atoms with E-state index in [1.54, 1.807) is 0 Å². The van der Waals surface area contributed by atoms with Gasteiger partial charge in [-0.2, -0.15) is 0 Å². The van der Waals surface area contributed by atoms with E-state index in [0.29, 0.717) is 29.7 Å². The Morgan fingerprint density at radius 2 is 1.94 bits per heavy atom. The van der Waals surface area contributed by atoms with Crippen LogP contribution in [0.2, 0.25) is 5.02 Å². The topological polar surface area (TPSA) is 84.2 Å². The Kier molecular flexibility index (Phi) is 7.03. The number of hydrogen-bond acceptors (Lipinski definition) is 7. The van der Waals surface area contributed by atoms with Crippen molar-refractivity contribution in [1.82, 2.24) is 20.0 Å². The van der Waals surface area contributed by atoms with E-state index >= 15 is 0 Å². The highest BCUT2D eigenvalue weighted by Gasteiger charge is 2.23. The van der Waals surface area contributed by atoms with Gasteiger partial charge in [0.15, 0.2) is 11.6 Å². The number of Topliss-reactive ketones (excluding diaryl/α,β-unsaturated/α-hetero) is 1. The second kappa shape index (κ2) is 10.4. The van der Waals surface area contributed by atoms with Crippen LogP contribution in [0.15, 0.2) is 47.0 Å². The van der Waals surface area contributed by atoms with Crippen LogP contribution in [0.1, 0.15) is 46.9 Å². The summed E-state index contributed by atoms with van der Waals surface area (Å²) in [5, 5.41) is 9.04. The molecule has 1 aliphatic rings. The van der Waals surface area contributed by atoms with Gasteiger partial charge in [-0.15, -0.1) is 0 Å². The van der Waals surface area contributed by atoms with Crippen LogP contribution in [-0.4, -0.2) is 45.9 Å². The molecule has 4 aromatic rings. The molecule has 186 valence electrons. The fourth-order valence-corrected chi connectivity index (χ4v) is 5.10. The number of rotatable bonds is 7. The average molecular weight is 504 g/mol. The number of nitrogens with one attached hydrogen (secondary N) is 1. The van der Waals surface area contributed by atoms with E-state index in [9.17, 15) is 4.79 Å². The average Bonchev–Trinajstić information content (AvgIpc) is 3.21. The minimum atomic E-state index is -0.00735. The number of likely N-dealkylation sites (tertiary alicyclic amines) is 1. The Bertz CT molecular complexity index is 1390. The molecule has 1 saturated heterocycles. The van der Waals surface area contributed by atoms with Crippen molar-refractivity contribution in [2.24, 2.45) is 5.92 Å². The summed E-state index contributed by atoms with van der Waals surface area (Å²) < 4.78 is 5.38. The smallest absolute Gasteiger partial charge is 0.200 e. The highest BCUT2D eigenvalue weighted by atomic mass is 35.5. The molecule has 2 aromatic carbocycles. The lowest BCUT2D eigenvalue weighted by molar-refractivity contribution is 0.0926. The SMILES string of the molecule is Cc1noc(C)c1-c1ccc2nc(C(=O)CC3CCN(C)CC3)nc(NCc3cccc(Cl)c3)c2c1. The van der Waals surface area contributed by atoms with Crippen molar-refractivity contribution in [3.63, 3.8) is 0 Å². The Labute approximate surface area is 215 Å². The second-order valence-corrected chi connectivity index (χ2v) is 10.1. The zero-order valence-corrected chi connectivity index (χ0v) is 21.6. The molecular formula is C28H30ClN5O2. The first-order valence-electron chi connectivity index (χ1n) is 12.3. The van der Waals surface area contributed by atoms with Crippen molar-refractivity contribution in [3.8, 4) is 11.1 Å². The lowest BCUT2D eigenvalue weighted by Crippen LogP contribution is -2.31. The lowest BCUT2D eigenvalue weighted by atomic mass is 9.92. The molecule has 36 heavy (non-hydrogen) atoms. The van der Waals surface area contributed by atoms with E-state index < -0.39 is 0 Å². The van der Waals surface area contributed by atoms with Gasteiger partial charge in [0.25, 0.3) is 0 Å². The summed E-state index contributed by atoms with van der Waals surface area (Å²) in [6.45, 7) is 6.39. The van der Waals surface area contributed by atoms with Crippen LogP contribution < -0.4 is 5.32 Å². The van der Waals surface area contributed by atoms with E-state index in [4.69, 9.17) is 21.1 Å². The Morgan fingerprint density at radius 3 is 2.67 bits per heavy atom. The molecule has 0 atom stereocenters. The van der Waals surface area contributed by atoms with Crippen molar-refractivity contribution in [3.05, 3.63) is 70.3 Å². The highest BCUT2D eigenvalue weighted by molar-refractivity contribution is 6.30. The van der Waals surface area contributed by atoms with Crippen LogP contribution in [-0.2, 0) is 6.54 Å². The molecule has 8 heteroatoms. The van der Waals surface area contributed by atoms with Crippen LogP contribution >= 0.6 is 11.6 Å². The number of hydrogen-bond donors (Lipinski definition) is 1. The van der Waals surface area contributed by atoms with Crippen LogP contribution in [0.5, 0.6) is 0 Å². The number of piperidine rings is 1. The number of carbonyl (C=O) groups excluding carboxylic acids is 1. The maximum atomic E-state index is 13.2. The largest absolute Gasteiger partial charge is 0.365 e. The molecule has 2 aromatic heterocycles. The first-order valence-corrected chi connectivity index (χ1v) is 12.7. The molecule has 1 N–H and O–H groups in total. The molecule has 0 amide bonds. The minimum Gasteiger partial charge on any atom is -0.365 e. The first-order chi connectivity index (χ1) is 17.4.